The highest BCUT2D eigenvalue weighted by atomic mass is 32.1. The van der Waals surface area contributed by atoms with Gasteiger partial charge in [-0.15, -0.1) is 0 Å². The molecule has 0 bridgehead atoms. The first kappa shape index (κ1) is 17.1. The minimum atomic E-state index is -0.750. The quantitative estimate of drug-likeness (QED) is 0.644. The van der Waals surface area contributed by atoms with Gasteiger partial charge in [0.2, 0.25) is 0 Å². The van der Waals surface area contributed by atoms with Crippen molar-refractivity contribution in [1.82, 2.24) is 0 Å². The summed E-state index contributed by atoms with van der Waals surface area (Å²) in [5.41, 5.74) is 0.00646. The van der Waals surface area contributed by atoms with Crippen LogP contribution in [-0.2, 0) is 21.2 Å². The van der Waals surface area contributed by atoms with Crippen molar-refractivity contribution in [3.63, 3.8) is 0 Å². The van der Waals surface area contributed by atoms with Crippen LogP contribution >= 0.6 is 0 Å². The van der Waals surface area contributed by atoms with E-state index in [0.717, 1.165) is 18.8 Å². The molecular weight excluding hydrogens is 230 g/mol. The van der Waals surface area contributed by atoms with Crippen LogP contribution in [0.4, 0.5) is 0 Å². The Morgan fingerprint density at radius 2 is 1.56 bits per heavy atom. The van der Waals surface area contributed by atoms with Gasteiger partial charge in [0.1, 0.15) is 0 Å². The molecule has 1 aliphatic rings. The maximum Gasteiger partial charge on any atom is 0.373 e. The molecule has 0 unspecified atom stereocenters. The number of hydrogen-bond acceptors (Lipinski definition) is 5. The molecule has 1 saturated carbocycles. The van der Waals surface area contributed by atoms with Gasteiger partial charge in [0.25, 0.3) is 0 Å². The monoisotopic (exact) mass is 245 g/mol. The molecule has 6 heteroatoms. The molecule has 0 aromatic carbocycles. The van der Waals surface area contributed by atoms with Crippen molar-refractivity contribution in [1.29, 1.82) is 5.26 Å². The summed E-state index contributed by atoms with van der Waals surface area (Å²) in [4.78, 5) is 16.2. The van der Waals surface area contributed by atoms with Crippen molar-refractivity contribution in [3.05, 3.63) is 0 Å². The minimum Gasteiger partial charge on any atom is -0.198 e. The standard InChI is InChI=1S/C9H15N.CO2.O2S/c1-8-3-5-9(2,7-10)6-4-8;2-1-3;1-3-2/h8H,3-6H2,1-2H3;;. The second-order valence-electron chi connectivity index (χ2n) is 4.01. The van der Waals surface area contributed by atoms with E-state index in [1.165, 1.54) is 12.8 Å². The van der Waals surface area contributed by atoms with E-state index >= 15 is 0 Å². The van der Waals surface area contributed by atoms with Gasteiger partial charge in [-0.3, -0.25) is 0 Å². The lowest BCUT2D eigenvalue weighted by Gasteiger charge is -2.29. The molecule has 0 N–H and O–H groups in total. The fraction of sp³-hybridized carbons (Fsp3) is 0.800. The Hall–Kier alpha value is -1.31. The number of carbonyl (C=O) groups excluding carboxylic acids is 2. The zero-order chi connectivity index (χ0) is 13.0. The zero-order valence-corrected chi connectivity index (χ0v) is 10.2. The first-order valence-electron chi connectivity index (χ1n) is 4.82. The number of nitriles is 1. The molecule has 0 spiro atoms. The van der Waals surface area contributed by atoms with E-state index < -0.39 is 11.6 Å². The summed E-state index contributed by atoms with van der Waals surface area (Å²) in [6.45, 7) is 4.36. The van der Waals surface area contributed by atoms with Gasteiger partial charge in [0, 0.05) is 0 Å². The maximum absolute atomic E-state index is 8.79. The average Bonchev–Trinajstić information content (AvgIpc) is 2.25. The van der Waals surface area contributed by atoms with Gasteiger partial charge in [-0.25, -0.2) is 0 Å². The van der Waals surface area contributed by atoms with Crippen molar-refractivity contribution < 1.29 is 18.0 Å². The normalized spacial score (nSPS) is 26.7. The topological polar surface area (TPSA) is 92.1 Å². The first-order chi connectivity index (χ1) is 7.49. The summed E-state index contributed by atoms with van der Waals surface area (Å²) in [5.74, 6) is 0.849. The molecule has 0 aromatic rings. The number of hydrogen-bond donors (Lipinski definition) is 0. The molecule has 1 aliphatic carbocycles. The second-order valence-corrected chi connectivity index (χ2v) is 4.14. The van der Waals surface area contributed by atoms with Crippen LogP contribution in [0.1, 0.15) is 39.5 Å². The lowest BCUT2D eigenvalue weighted by molar-refractivity contribution is -0.191. The SMILES string of the molecule is CC1CCC(C)(C#N)CC1.O=C=O.O=S=O. The van der Waals surface area contributed by atoms with Gasteiger partial charge in [-0.2, -0.15) is 23.3 Å². The molecule has 0 radical (unpaired) electrons. The second kappa shape index (κ2) is 10.2. The van der Waals surface area contributed by atoms with E-state index in [0.29, 0.717) is 0 Å². The van der Waals surface area contributed by atoms with Crippen LogP contribution in [-0.4, -0.2) is 14.6 Å². The van der Waals surface area contributed by atoms with Gasteiger partial charge in [-0.1, -0.05) is 6.92 Å². The van der Waals surface area contributed by atoms with Crippen LogP contribution in [0, 0.1) is 22.7 Å². The Morgan fingerprint density at radius 3 is 1.81 bits per heavy atom. The van der Waals surface area contributed by atoms with Crippen LogP contribution < -0.4 is 0 Å². The molecule has 16 heavy (non-hydrogen) atoms. The molecule has 1 fully saturated rings. The van der Waals surface area contributed by atoms with Crippen LogP contribution in [0.15, 0.2) is 0 Å². The van der Waals surface area contributed by atoms with Crippen molar-refractivity contribution >= 4 is 17.7 Å². The summed E-state index contributed by atoms with van der Waals surface area (Å²) in [6.07, 6.45) is 4.93. The predicted octanol–water partition coefficient (Wildman–Crippen LogP) is 1.47. The van der Waals surface area contributed by atoms with Crippen LogP contribution in [0.3, 0.4) is 0 Å². The fourth-order valence-electron chi connectivity index (χ4n) is 1.51. The van der Waals surface area contributed by atoms with Gasteiger partial charge in [0.05, 0.1) is 11.5 Å². The number of rotatable bonds is 0. The zero-order valence-electron chi connectivity index (χ0n) is 9.39. The third kappa shape index (κ3) is 9.25. The van der Waals surface area contributed by atoms with E-state index in [1.54, 1.807) is 0 Å². The average molecular weight is 245 g/mol. The summed E-state index contributed by atoms with van der Waals surface area (Å²) in [6, 6.07) is 2.40. The van der Waals surface area contributed by atoms with Crippen molar-refractivity contribution in [3.8, 4) is 6.07 Å². The Labute approximate surface area is 98.4 Å². The van der Waals surface area contributed by atoms with Crippen molar-refractivity contribution in [2.75, 3.05) is 0 Å². The molecule has 90 valence electrons. The van der Waals surface area contributed by atoms with Gasteiger partial charge in [0.15, 0.2) is 0 Å². The van der Waals surface area contributed by atoms with E-state index in [4.69, 9.17) is 23.3 Å². The molecule has 1 rings (SSSR count). The van der Waals surface area contributed by atoms with E-state index in [-0.39, 0.29) is 11.6 Å². The first-order valence-corrected chi connectivity index (χ1v) is 5.48. The highest BCUT2D eigenvalue weighted by molar-refractivity contribution is 7.51. The van der Waals surface area contributed by atoms with Crippen molar-refractivity contribution in [2.24, 2.45) is 11.3 Å². The van der Waals surface area contributed by atoms with E-state index in [9.17, 15) is 0 Å². The molecule has 0 amide bonds. The van der Waals surface area contributed by atoms with E-state index in [2.05, 4.69) is 19.9 Å². The molecule has 0 aliphatic heterocycles. The Balaban J connectivity index is 0. The van der Waals surface area contributed by atoms with Gasteiger partial charge < -0.3 is 0 Å². The van der Waals surface area contributed by atoms with Crippen LogP contribution in [0.5, 0.6) is 0 Å². The summed E-state index contributed by atoms with van der Waals surface area (Å²) in [5, 5.41) is 8.79. The Kier molecular flexibility index (Phi) is 10.9. The maximum atomic E-state index is 8.79. The lowest BCUT2D eigenvalue weighted by Crippen LogP contribution is -2.21. The largest absolute Gasteiger partial charge is 0.373 e. The highest BCUT2D eigenvalue weighted by Crippen LogP contribution is 2.37. The highest BCUT2D eigenvalue weighted by Gasteiger charge is 2.28. The third-order valence-corrected chi connectivity index (χ3v) is 2.65. The van der Waals surface area contributed by atoms with Crippen LogP contribution in [0.2, 0.25) is 0 Å². The molecule has 0 heterocycles. The van der Waals surface area contributed by atoms with Gasteiger partial charge >= 0.3 is 17.7 Å². The van der Waals surface area contributed by atoms with Gasteiger partial charge in [-0.05, 0) is 38.5 Å². The smallest absolute Gasteiger partial charge is 0.198 e. The Bertz CT molecular complexity index is 278. The van der Waals surface area contributed by atoms with E-state index in [1.807, 2.05) is 0 Å². The molecule has 5 nitrogen and oxygen atoms in total. The van der Waals surface area contributed by atoms with Crippen LogP contribution in [0.25, 0.3) is 0 Å². The fourth-order valence-corrected chi connectivity index (χ4v) is 1.51. The lowest BCUT2D eigenvalue weighted by atomic mass is 9.73. The summed E-state index contributed by atoms with van der Waals surface area (Å²) >= 11 is -0.750. The molecule has 0 aromatic heterocycles. The molecule has 0 saturated heterocycles. The predicted molar refractivity (Wildman–Crippen MR) is 55.3 cm³/mol. The molecular formula is C10H15NO4S. The molecule has 0 atom stereocenters. The minimum absolute atomic E-state index is 0.00646. The third-order valence-electron chi connectivity index (χ3n) is 2.65. The number of nitrogens with zero attached hydrogens (tertiary/aromatic N) is 1. The summed E-state index contributed by atoms with van der Waals surface area (Å²) in [7, 11) is 0. The summed E-state index contributed by atoms with van der Waals surface area (Å²) < 4.78 is 16.6. The van der Waals surface area contributed by atoms with Crippen molar-refractivity contribution in [2.45, 2.75) is 39.5 Å². The Morgan fingerprint density at radius 1 is 1.25 bits per heavy atom.